The summed E-state index contributed by atoms with van der Waals surface area (Å²) in [7, 11) is 0. The minimum absolute atomic E-state index is 0.147. The number of carbonyl (C=O) groups is 1. The molecule has 0 radical (unpaired) electrons. The number of nitrogens with one attached hydrogen (secondary N) is 2. The third-order valence-electron chi connectivity index (χ3n) is 2.37. The number of rotatable bonds is 5. The molecule has 1 amide bonds. The van der Waals surface area contributed by atoms with Crippen LogP contribution in [0.4, 0.5) is 0 Å². The zero-order valence-electron chi connectivity index (χ0n) is 10.2. The van der Waals surface area contributed by atoms with E-state index in [0.717, 1.165) is 19.1 Å². The number of nitrogens with zero attached hydrogens (tertiary/aromatic N) is 2. The van der Waals surface area contributed by atoms with Gasteiger partial charge in [-0.15, -0.1) is 0 Å². The molecule has 6 nitrogen and oxygen atoms in total. The summed E-state index contributed by atoms with van der Waals surface area (Å²) in [4.78, 5) is 19.7. The number of hydrogen-bond acceptors (Lipinski definition) is 6. The SMILES string of the molecule is C=NCSC(=NCC=N)C(=O)NC1CCOCC1. The lowest BCUT2D eigenvalue weighted by molar-refractivity contribution is -0.115. The van der Waals surface area contributed by atoms with Crippen LogP contribution in [-0.2, 0) is 9.53 Å². The molecule has 0 aromatic heterocycles. The third kappa shape index (κ3) is 5.42. The number of hydrogen-bond donors (Lipinski definition) is 2. The molecule has 18 heavy (non-hydrogen) atoms. The van der Waals surface area contributed by atoms with Crippen LogP contribution >= 0.6 is 11.8 Å². The Hall–Kier alpha value is -1.21. The standard InChI is InChI=1S/C11H18N4O2S/c1-13-8-18-11(14-5-4-12)10(16)15-9-2-6-17-7-3-9/h4,9,12H,1-3,5-8H2,(H,15,16). The summed E-state index contributed by atoms with van der Waals surface area (Å²) >= 11 is 1.23. The van der Waals surface area contributed by atoms with E-state index < -0.39 is 0 Å². The molecule has 1 heterocycles. The van der Waals surface area contributed by atoms with E-state index in [0.29, 0.717) is 24.1 Å². The topological polar surface area (TPSA) is 86.9 Å². The van der Waals surface area contributed by atoms with Crippen molar-refractivity contribution in [1.82, 2.24) is 5.32 Å². The van der Waals surface area contributed by atoms with Crippen LogP contribution in [0, 0.1) is 5.41 Å². The van der Waals surface area contributed by atoms with Gasteiger partial charge >= 0.3 is 0 Å². The molecule has 100 valence electrons. The molecular weight excluding hydrogens is 252 g/mol. The van der Waals surface area contributed by atoms with E-state index in [1.165, 1.54) is 11.8 Å². The molecule has 0 saturated carbocycles. The Kier molecular flexibility index (Phi) is 7.28. The summed E-state index contributed by atoms with van der Waals surface area (Å²) in [5.74, 6) is 0.190. The summed E-state index contributed by atoms with van der Waals surface area (Å²) in [6, 6.07) is 0.147. The summed E-state index contributed by atoms with van der Waals surface area (Å²) < 4.78 is 5.23. The van der Waals surface area contributed by atoms with Gasteiger partial charge in [0.1, 0.15) is 0 Å². The number of carbonyl (C=O) groups excluding carboxylic acids is 1. The molecule has 0 aliphatic carbocycles. The zero-order valence-corrected chi connectivity index (χ0v) is 11.0. The molecule has 1 aliphatic rings. The van der Waals surface area contributed by atoms with Crippen LogP contribution in [-0.4, -0.2) is 55.6 Å². The molecule has 0 atom stereocenters. The maximum atomic E-state index is 12.0. The Morgan fingerprint density at radius 1 is 1.56 bits per heavy atom. The molecule has 1 fully saturated rings. The van der Waals surface area contributed by atoms with Gasteiger partial charge in [0, 0.05) is 25.5 Å². The van der Waals surface area contributed by atoms with E-state index in [2.05, 4.69) is 22.0 Å². The van der Waals surface area contributed by atoms with Crippen LogP contribution in [0.5, 0.6) is 0 Å². The van der Waals surface area contributed by atoms with Gasteiger partial charge in [0.2, 0.25) is 0 Å². The van der Waals surface area contributed by atoms with Crippen molar-refractivity contribution in [2.75, 3.05) is 25.6 Å². The highest BCUT2D eigenvalue weighted by atomic mass is 32.2. The number of ether oxygens (including phenoxy) is 1. The van der Waals surface area contributed by atoms with E-state index in [9.17, 15) is 4.79 Å². The predicted octanol–water partition coefficient (Wildman–Crippen LogP) is 0.721. The van der Waals surface area contributed by atoms with Crippen LogP contribution in [0.3, 0.4) is 0 Å². The van der Waals surface area contributed by atoms with Crippen molar-refractivity contribution in [2.45, 2.75) is 18.9 Å². The highest BCUT2D eigenvalue weighted by Crippen LogP contribution is 2.09. The summed E-state index contributed by atoms with van der Waals surface area (Å²) in [5, 5.41) is 10.2. The van der Waals surface area contributed by atoms with Crippen LogP contribution in [0.1, 0.15) is 12.8 Å². The molecule has 2 N–H and O–H groups in total. The average molecular weight is 270 g/mol. The lowest BCUT2D eigenvalue weighted by Gasteiger charge is -2.23. The highest BCUT2D eigenvalue weighted by molar-refractivity contribution is 8.15. The summed E-state index contributed by atoms with van der Waals surface area (Å²) in [6.45, 7) is 4.94. The quantitative estimate of drug-likeness (QED) is 0.570. The summed E-state index contributed by atoms with van der Waals surface area (Å²) in [6.07, 6.45) is 2.81. The van der Waals surface area contributed by atoms with Gasteiger partial charge in [-0.2, -0.15) is 0 Å². The van der Waals surface area contributed by atoms with Gasteiger partial charge in [0.05, 0.1) is 12.4 Å². The monoisotopic (exact) mass is 270 g/mol. The van der Waals surface area contributed by atoms with E-state index in [1.807, 2.05) is 0 Å². The maximum Gasteiger partial charge on any atom is 0.276 e. The second-order valence-electron chi connectivity index (χ2n) is 3.71. The molecule has 0 unspecified atom stereocenters. The fourth-order valence-electron chi connectivity index (χ4n) is 1.51. The maximum absolute atomic E-state index is 12.0. The molecule has 1 aliphatic heterocycles. The van der Waals surface area contributed by atoms with Gasteiger partial charge < -0.3 is 15.5 Å². The van der Waals surface area contributed by atoms with E-state index in [1.54, 1.807) is 0 Å². The first kappa shape index (κ1) is 14.8. The third-order valence-corrected chi connectivity index (χ3v) is 3.27. The van der Waals surface area contributed by atoms with Gasteiger partial charge in [-0.3, -0.25) is 14.8 Å². The van der Waals surface area contributed by atoms with E-state index in [4.69, 9.17) is 10.1 Å². The first-order valence-electron chi connectivity index (χ1n) is 5.75. The molecule has 1 saturated heterocycles. The smallest absolute Gasteiger partial charge is 0.276 e. The Labute approximate surface area is 111 Å². The van der Waals surface area contributed by atoms with Crippen LogP contribution in [0.25, 0.3) is 0 Å². The second-order valence-corrected chi connectivity index (χ2v) is 4.64. The number of aliphatic imine (C=N–C) groups is 2. The number of amides is 1. The second kappa shape index (κ2) is 8.82. The van der Waals surface area contributed by atoms with Crippen molar-refractivity contribution in [2.24, 2.45) is 9.98 Å². The van der Waals surface area contributed by atoms with Crippen molar-refractivity contribution in [1.29, 1.82) is 5.41 Å². The lowest BCUT2D eigenvalue weighted by atomic mass is 10.1. The van der Waals surface area contributed by atoms with Gasteiger partial charge in [-0.1, -0.05) is 11.8 Å². The Balaban J connectivity index is 2.51. The number of thioether (sulfide) groups is 1. The van der Waals surface area contributed by atoms with Gasteiger partial charge in [-0.25, -0.2) is 0 Å². The molecule has 7 heteroatoms. The molecule has 0 spiro atoms. The molecular formula is C11H18N4O2S. The fourth-order valence-corrected chi connectivity index (χ4v) is 2.08. The first-order valence-corrected chi connectivity index (χ1v) is 6.73. The van der Waals surface area contributed by atoms with Crippen molar-refractivity contribution in [3.63, 3.8) is 0 Å². The van der Waals surface area contributed by atoms with Gasteiger partial charge in [0.15, 0.2) is 5.04 Å². The molecule has 0 bridgehead atoms. The highest BCUT2D eigenvalue weighted by Gasteiger charge is 2.19. The predicted molar refractivity (Wildman–Crippen MR) is 75.1 cm³/mol. The van der Waals surface area contributed by atoms with E-state index >= 15 is 0 Å². The molecule has 0 aromatic rings. The lowest BCUT2D eigenvalue weighted by Crippen LogP contribution is -2.41. The largest absolute Gasteiger partial charge is 0.381 e. The first-order chi connectivity index (χ1) is 8.77. The van der Waals surface area contributed by atoms with Crippen molar-refractivity contribution >= 4 is 35.6 Å². The normalized spacial score (nSPS) is 17.2. The minimum atomic E-state index is -0.197. The van der Waals surface area contributed by atoms with Crippen molar-refractivity contribution < 1.29 is 9.53 Å². The van der Waals surface area contributed by atoms with Gasteiger partial charge in [0.25, 0.3) is 5.91 Å². The van der Waals surface area contributed by atoms with Crippen molar-refractivity contribution in [3.05, 3.63) is 0 Å². The fraction of sp³-hybridized carbons (Fsp3) is 0.636. The van der Waals surface area contributed by atoms with Crippen LogP contribution < -0.4 is 5.32 Å². The molecule has 0 aromatic carbocycles. The van der Waals surface area contributed by atoms with Crippen molar-refractivity contribution in [3.8, 4) is 0 Å². The Bertz CT molecular complexity index is 327. The zero-order chi connectivity index (χ0) is 13.2. The van der Waals surface area contributed by atoms with Gasteiger partial charge in [-0.05, 0) is 19.6 Å². The average Bonchev–Trinajstić information content (AvgIpc) is 2.40. The molecule has 1 rings (SSSR count). The summed E-state index contributed by atoms with van der Waals surface area (Å²) in [5.41, 5.74) is 0. The Morgan fingerprint density at radius 2 is 2.28 bits per heavy atom. The minimum Gasteiger partial charge on any atom is -0.381 e. The van der Waals surface area contributed by atoms with E-state index in [-0.39, 0.29) is 18.5 Å². The van der Waals surface area contributed by atoms with Crippen LogP contribution in [0.15, 0.2) is 9.98 Å². The Morgan fingerprint density at radius 3 is 2.89 bits per heavy atom. The van der Waals surface area contributed by atoms with Crippen LogP contribution in [0.2, 0.25) is 0 Å².